The monoisotopic (exact) mass is 427 g/mol. The smallest absolute Gasteiger partial charge is 0.255 e. The summed E-state index contributed by atoms with van der Waals surface area (Å²) in [6, 6.07) is 14.6. The van der Waals surface area contributed by atoms with Crippen molar-refractivity contribution in [1.29, 1.82) is 0 Å². The van der Waals surface area contributed by atoms with Crippen molar-refractivity contribution in [2.45, 2.75) is 43.5 Å². The first-order chi connectivity index (χ1) is 14.4. The van der Waals surface area contributed by atoms with E-state index in [9.17, 15) is 13.2 Å². The molecule has 0 atom stereocenters. The Labute approximate surface area is 178 Å². The maximum atomic E-state index is 13.0. The quantitative estimate of drug-likeness (QED) is 0.796. The zero-order valence-corrected chi connectivity index (χ0v) is 18.2. The maximum absolute atomic E-state index is 13.0. The first kappa shape index (κ1) is 20.9. The van der Waals surface area contributed by atoms with Gasteiger partial charge in [0.1, 0.15) is 0 Å². The normalized spacial score (nSPS) is 18.0. The van der Waals surface area contributed by atoms with Crippen molar-refractivity contribution in [3.63, 3.8) is 0 Å². The van der Waals surface area contributed by atoms with Crippen LogP contribution in [0.25, 0.3) is 0 Å². The van der Waals surface area contributed by atoms with Gasteiger partial charge >= 0.3 is 0 Å². The third-order valence-electron chi connectivity index (χ3n) is 6.02. The molecule has 0 bridgehead atoms. The SMILES string of the molecule is Cc1ccc(S(=O)(=O)NC2CCN(c3ccccc3C(=O)N3CCCC3)CC2)cc1. The molecule has 1 N–H and O–H groups in total. The number of nitrogens with one attached hydrogen (secondary N) is 1. The Bertz CT molecular complexity index is 991. The number of likely N-dealkylation sites (tertiary alicyclic amines) is 1. The number of carbonyl (C=O) groups is 1. The molecule has 2 aliphatic rings. The first-order valence-corrected chi connectivity index (χ1v) is 12.1. The van der Waals surface area contributed by atoms with Gasteiger partial charge in [-0.05, 0) is 56.9 Å². The number of benzene rings is 2. The Balaban J connectivity index is 1.41. The number of sulfonamides is 1. The second-order valence-electron chi connectivity index (χ2n) is 8.21. The van der Waals surface area contributed by atoms with Crippen LogP contribution in [0.15, 0.2) is 53.4 Å². The highest BCUT2D eigenvalue weighted by molar-refractivity contribution is 7.89. The molecule has 0 unspecified atom stereocenters. The topological polar surface area (TPSA) is 69.7 Å². The van der Waals surface area contributed by atoms with E-state index in [1.54, 1.807) is 12.1 Å². The molecule has 2 aromatic carbocycles. The van der Waals surface area contributed by atoms with E-state index >= 15 is 0 Å². The second-order valence-corrected chi connectivity index (χ2v) is 9.93. The lowest BCUT2D eigenvalue weighted by Gasteiger charge is -2.35. The number of carbonyl (C=O) groups excluding carboxylic acids is 1. The summed E-state index contributed by atoms with van der Waals surface area (Å²) >= 11 is 0. The van der Waals surface area contributed by atoms with Gasteiger partial charge in [-0.2, -0.15) is 0 Å². The number of hydrogen-bond donors (Lipinski definition) is 1. The fourth-order valence-electron chi connectivity index (χ4n) is 4.26. The molecule has 2 saturated heterocycles. The predicted molar refractivity (Wildman–Crippen MR) is 118 cm³/mol. The number of anilines is 1. The van der Waals surface area contributed by atoms with Crippen LogP contribution in [-0.4, -0.2) is 51.4 Å². The van der Waals surface area contributed by atoms with E-state index in [4.69, 9.17) is 0 Å². The largest absolute Gasteiger partial charge is 0.371 e. The van der Waals surface area contributed by atoms with Crippen molar-refractivity contribution in [1.82, 2.24) is 9.62 Å². The summed E-state index contributed by atoms with van der Waals surface area (Å²) in [6.45, 7) is 5.02. The van der Waals surface area contributed by atoms with E-state index < -0.39 is 10.0 Å². The number of amides is 1. The van der Waals surface area contributed by atoms with Crippen molar-refractivity contribution >= 4 is 21.6 Å². The van der Waals surface area contributed by atoms with Gasteiger partial charge in [-0.3, -0.25) is 4.79 Å². The molecule has 2 heterocycles. The van der Waals surface area contributed by atoms with Crippen LogP contribution >= 0.6 is 0 Å². The second kappa shape index (κ2) is 8.78. The van der Waals surface area contributed by atoms with Gasteiger partial charge < -0.3 is 9.80 Å². The number of para-hydroxylation sites is 1. The van der Waals surface area contributed by atoms with Gasteiger partial charge in [0.25, 0.3) is 5.91 Å². The van der Waals surface area contributed by atoms with Gasteiger partial charge in [-0.15, -0.1) is 0 Å². The summed E-state index contributed by atoms with van der Waals surface area (Å²) in [5.74, 6) is 0.102. The number of piperidine rings is 1. The minimum atomic E-state index is -3.52. The number of hydrogen-bond acceptors (Lipinski definition) is 4. The average molecular weight is 428 g/mol. The molecule has 2 aliphatic heterocycles. The van der Waals surface area contributed by atoms with Crippen molar-refractivity contribution in [2.24, 2.45) is 0 Å². The van der Waals surface area contributed by atoms with Crippen molar-refractivity contribution < 1.29 is 13.2 Å². The number of nitrogens with zero attached hydrogens (tertiary/aromatic N) is 2. The van der Waals surface area contributed by atoms with Crippen molar-refractivity contribution in [3.05, 3.63) is 59.7 Å². The lowest BCUT2D eigenvalue weighted by molar-refractivity contribution is 0.0793. The van der Waals surface area contributed by atoms with Gasteiger partial charge in [-0.1, -0.05) is 29.8 Å². The Hall–Kier alpha value is -2.38. The summed E-state index contributed by atoms with van der Waals surface area (Å²) in [6.07, 6.45) is 3.55. The van der Waals surface area contributed by atoms with E-state index in [1.165, 1.54) is 0 Å². The first-order valence-electron chi connectivity index (χ1n) is 10.7. The van der Waals surface area contributed by atoms with Crippen molar-refractivity contribution in [3.8, 4) is 0 Å². The van der Waals surface area contributed by atoms with Crippen LogP contribution < -0.4 is 9.62 Å². The standard InChI is InChI=1S/C23H29N3O3S/c1-18-8-10-20(11-9-18)30(28,29)24-19-12-16-25(17-13-19)22-7-3-2-6-21(22)23(27)26-14-4-5-15-26/h2-3,6-11,19,24H,4-5,12-17H2,1H3. The van der Waals surface area contributed by atoms with Crippen LogP contribution in [0.1, 0.15) is 41.6 Å². The zero-order valence-electron chi connectivity index (χ0n) is 17.4. The molecule has 2 fully saturated rings. The number of rotatable bonds is 5. The highest BCUT2D eigenvalue weighted by Crippen LogP contribution is 2.27. The average Bonchev–Trinajstić information content (AvgIpc) is 3.29. The Morgan fingerprint density at radius 2 is 1.57 bits per heavy atom. The molecule has 0 aromatic heterocycles. The van der Waals surface area contributed by atoms with Gasteiger partial charge in [-0.25, -0.2) is 13.1 Å². The minimum Gasteiger partial charge on any atom is -0.371 e. The Morgan fingerprint density at radius 3 is 2.23 bits per heavy atom. The molecule has 6 nitrogen and oxygen atoms in total. The molecular formula is C23H29N3O3S. The zero-order chi connectivity index (χ0) is 21.1. The molecule has 0 saturated carbocycles. The highest BCUT2D eigenvalue weighted by Gasteiger charge is 2.28. The molecular weight excluding hydrogens is 398 g/mol. The summed E-state index contributed by atoms with van der Waals surface area (Å²) < 4.78 is 28.2. The van der Waals surface area contributed by atoms with E-state index in [2.05, 4.69) is 9.62 Å². The summed E-state index contributed by atoms with van der Waals surface area (Å²) in [5.41, 5.74) is 2.73. The van der Waals surface area contributed by atoms with E-state index in [0.29, 0.717) is 30.8 Å². The summed E-state index contributed by atoms with van der Waals surface area (Å²) in [7, 11) is -3.52. The molecule has 7 heteroatoms. The van der Waals surface area contributed by atoms with Crippen LogP contribution in [0.3, 0.4) is 0 Å². The van der Waals surface area contributed by atoms with E-state index in [1.807, 2.05) is 48.2 Å². The van der Waals surface area contributed by atoms with E-state index in [0.717, 1.165) is 42.7 Å². The Morgan fingerprint density at radius 1 is 0.933 bits per heavy atom. The third kappa shape index (κ3) is 4.52. The fraction of sp³-hybridized carbons (Fsp3) is 0.435. The molecule has 1 amide bonds. The van der Waals surface area contributed by atoms with Crippen LogP contribution in [0.2, 0.25) is 0 Å². The Kier molecular flexibility index (Phi) is 6.11. The summed E-state index contributed by atoms with van der Waals surface area (Å²) in [5, 5.41) is 0. The van der Waals surface area contributed by atoms with Crippen LogP contribution in [0, 0.1) is 6.92 Å². The van der Waals surface area contributed by atoms with Gasteiger partial charge in [0.15, 0.2) is 0 Å². The maximum Gasteiger partial charge on any atom is 0.255 e. The third-order valence-corrected chi connectivity index (χ3v) is 7.55. The van der Waals surface area contributed by atoms with Crippen LogP contribution in [0.4, 0.5) is 5.69 Å². The molecule has 0 spiro atoms. The number of aryl methyl sites for hydroxylation is 1. The van der Waals surface area contributed by atoms with E-state index in [-0.39, 0.29) is 11.9 Å². The lowest BCUT2D eigenvalue weighted by Crippen LogP contribution is -2.45. The van der Waals surface area contributed by atoms with Crippen LogP contribution in [0.5, 0.6) is 0 Å². The highest BCUT2D eigenvalue weighted by atomic mass is 32.2. The fourth-order valence-corrected chi connectivity index (χ4v) is 5.57. The molecule has 30 heavy (non-hydrogen) atoms. The minimum absolute atomic E-state index is 0.102. The van der Waals surface area contributed by atoms with Gasteiger partial charge in [0, 0.05) is 37.9 Å². The van der Waals surface area contributed by atoms with Crippen molar-refractivity contribution in [2.75, 3.05) is 31.1 Å². The molecule has 0 radical (unpaired) electrons. The molecule has 4 rings (SSSR count). The predicted octanol–water partition coefficient (Wildman–Crippen LogP) is 3.18. The molecule has 160 valence electrons. The molecule has 2 aromatic rings. The molecule has 0 aliphatic carbocycles. The van der Waals surface area contributed by atoms with Gasteiger partial charge in [0.2, 0.25) is 10.0 Å². The van der Waals surface area contributed by atoms with Gasteiger partial charge in [0.05, 0.1) is 10.5 Å². The lowest BCUT2D eigenvalue weighted by atomic mass is 10.0. The van der Waals surface area contributed by atoms with Crippen LogP contribution in [-0.2, 0) is 10.0 Å². The summed E-state index contributed by atoms with van der Waals surface area (Å²) in [4.78, 5) is 17.4.